The predicted octanol–water partition coefficient (Wildman–Crippen LogP) is 4.71. The lowest BCUT2D eigenvalue weighted by Crippen LogP contribution is -2.03. The molecule has 3 rings (SSSR count). The second-order valence-corrected chi connectivity index (χ2v) is 5.34. The summed E-state index contributed by atoms with van der Waals surface area (Å²) in [5.41, 5.74) is -0.760. The van der Waals surface area contributed by atoms with Gasteiger partial charge in [0.05, 0.1) is 15.8 Å². The Morgan fingerprint density at radius 1 is 0.857 bits per heavy atom. The molecule has 0 aliphatic heterocycles. The molecule has 3 aromatic rings. The molecule has 0 radical (unpaired) electrons. The summed E-state index contributed by atoms with van der Waals surface area (Å²) in [6, 6.07) is 1.19. The summed E-state index contributed by atoms with van der Waals surface area (Å²) in [4.78, 5) is 7.32. The first kappa shape index (κ1) is 14.2. The van der Waals surface area contributed by atoms with Crippen LogP contribution in [0.1, 0.15) is 0 Å². The van der Waals surface area contributed by atoms with Crippen molar-refractivity contribution >= 4 is 33.2 Å². The van der Waals surface area contributed by atoms with Crippen molar-refractivity contribution in [3.63, 3.8) is 0 Å². The molecule has 1 aromatic carbocycles. The number of fused-ring (bicyclic) bond motifs is 1. The number of aromatic nitrogens is 2. The van der Waals surface area contributed by atoms with Crippen LogP contribution in [0.5, 0.6) is 0 Å². The van der Waals surface area contributed by atoms with Gasteiger partial charge in [0.15, 0.2) is 23.3 Å². The Labute approximate surface area is 122 Å². The molecule has 0 amide bonds. The molecule has 0 unspecified atom stereocenters. The third-order valence-electron chi connectivity index (χ3n) is 2.72. The Morgan fingerprint density at radius 2 is 1.43 bits per heavy atom. The van der Waals surface area contributed by atoms with Gasteiger partial charge in [-0.3, -0.25) is 0 Å². The smallest absolute Gasteiger partial charge is 0.200 e. The first-order valence-corrected chi connectivity index (χ1v) is 6.53. The van der Waals surface area contributed by atoms with Crippen molar-refractivity contribution in [2.45, 2.75) is 0 Å². The maximum absolute atomic E-state index is 13.7. The van der Waals surface area contributed by atoms with Gasteiger partial charge in [-0.25, -0.2) is 31.9 Å². The SMILES string of the molecule is Fc1c(F)c(F)c(-c2cc3ncnc(Cl)c3s2)c(F)c1F. The minimum Gasteiger partial charge on any atom is -0.235 e. The zero-order chi connectivity index (χ0) is 15.3. The van der Waals surface area contributed by atoms with E-state index in [4.69, 9.17) is 11.6 Å². The fraction of sp³-hybridized carbons (Fsp3) is 0. The standard InChI is InChI=1S/C12H2ClF5N2S/c13-12-11-3(19-2-20-12)1-4(21-11)5-6(14)8(16)10(18)9(17)7(5)15/h1-2H. The summed E-state index contributed by atoms with van der Waals surface area (Å²) in [7, 11) is 0. The van der Waals surface area contributed by atoms with Gasteiger partial charge in [0.25, 0.3) is 0 Å². The first-order chi connectivity index (χ1) is 9.91. The largest absolute Gasteiger partial charge is 0.235 e. The Kier molecular flexibility index (Phi) is 3.29. The van der Waals surface area contributed by atoms with Crippen molar-refractivity contribution in [1.29, 1.82) is 0 Å². The summed E-state index contributed by atoms with van der Waals surface area (Å²) in [6.45, 7) is 0. The van der Waals surface area contributed by atoms with E-state index in [-0.39, 0.29) is 20.2 Å². The zero-order valence-corrected chi connectivity index (χ0v) is 11.3. The first-order valence-electron chi connectivity index (χ1n) is 5.33. The van der Waals surface area contributed by atoms with Gasteiger partial charge in [-0.1, -0.05) is 11.6 Å². The molecule has 108 valence electrons. The second-order valence-electron chi connectivity index (χ2n) is 3.93. The number of thiophene rings is 1. The fourth-order valence-electron chi connectivity index (χ4n) is 1.77. The van der Waals surface area contributed by atoms with E-state index in [9.17, 15) is 22.0 Å². The highest BCUT2D eigenvalue weighted by Crippen LogP contribution is 2.39. The van der Waals surface area contributed by atoms with Gasteiger partial charge >= 0.3 is 0 Å². The quantitative estimate of drug-likeness (QED) is 0.278. The molecule has 0 aliphatic rings. The van der Waals surface area contributed by atoms with Crippen LogP contribution in [0.15, 0.2) is 12.4 Å². The second kappa shape index (κ2) is 4.88. The highest BCUT2D eigenvalue weighted by Gasteiger charge is 2.27. The van der Waals surface area contributed by atoms with Crippen molar-refractivity contribution in [1.82, 2.24) is 9.97 Å². The molecule has 2 aromatic heterocycles. The van der Waals surface area contributed by atoms with Crippen LogP contribution in [0.25, 0.3) is 20.7 Å². The minimum atomic E-state index is -2.20. The van der Waals surface area contributed by atoms with Gasteiger partial charge in [0, 0.05) is 4.88 Å². The lowest BCUT2D eigenvalue weighted by molar-refractivity contribution is 0.381. The van der Waals surface area contributed by atoms with Crippen LogP contribution in [-0.2, 0) is 0 Å². The van der Waals surface area contributed by atoms with Crippen LogP contribution >= 0.6 is 22.9 Å². The Balaban J connectivity index is 2.35. The molecular weight excluding hydrogens is 335 g/mol. The zero-order valence-electron chi connectivity index (χ0n) is 9.73. The molecule has 2 heterocycles. The van der Waals surface area contributed by atoms with Gasteiger partial charge in [0.2, 0.25) is 5.82 Å². The lowest BCUT2D eigenvalue weighted by atomic mass is 10.1. The normalized spacial score (nSPS) is 11.3. The van der Waals surface area contributed by atoms with Gasteiger partial charge in [-0.15, -0.1) is 11.3 Å². The summed E-state index contributed by atoms with van der Waals surface area (Å²) in [5.74, 6) is -10.0. The maximum atomic E-state index is 13.7. The predicted molar refractivity (Wildman–Crippen MR) is 67.7 cm³/mol. The Bertz CT molecular complexity index is 851. The van der Waals surface area contributed by atoms with E-state index in [1.165, 1.54) is 6.07 Å². The summed E-state index contributed by atoms with van der Waals surface area (Å²) in [5, 5.41) is 0.0279. The van der Waals surface area contributed by atoms with Gasteiger partial charge in [-0.2, -0.15) is 0 Å². The topological polar surface area (TPSA) is 25.8 Å². The number of halogens is 6. The van der Waals surface area contributed by atoms with Crippen LogP contribution in [0.4, 0.5) is 22.0 Å². The molecule has 0 spiro atoms. The third kappa shape index (κ3) is 2.06. The molecule has 0 atom stereocenters. The van der Waals surface area contributed by atoms with E-state index in [2.05, 4.69) is 9.97 Å². The highest BCUT2D eigenvalue weighted by atomic mass is 35.5. The van der Waals surface area contributed by atoms with Crippen LogP contribution in [0.2, 0.25) is 5.15 Å². The summed E-state index contributed by atoms with van der Waals surface area (Å²) >= 11 is 6.52. The molecule has 0 fully saturated rings. The van der Waals surface area contributed by atoms with Gasteiger partial charge < -0.3 is 0 Å². The van der Waals surface area contributed by atoms with Crippen molar-refractivity contribution in [2.75, 3.05) is 0 Å². The average Bonchev–Trinajstić information content (AvgIpc) is 2.88. The van der Waals surface area contributed by atoms with Crippen LogP contribution in [0, 0.1) is 29.1 Å². The number of rotatable bonds is 1. The molecule has 2 nitrogen and oxygen atoms in total. The van der Waals surface area contributed by atoms with Gasteiger partial charge in [0.1, 0.15) is 11.5 Å². The molecule has 0 saturated carbocycles. The molecule has 21 heavy (non-hydrogen) atoms. The summed E-state index contributed by atoms with van der Waals surface area (Å²) in [6.07, 6.45) is 1.12. The average molecular weight is 337 g/mol. The number of hydrogen-bond donors (Lipinski definition) is 0. The van der Waals surface area contributed by atoms with E-state index in [0.717, 1.165) is 17.7 Å². The van der Waals surface area contributed by atoms with E-state index < -0.39 is 34.6 Å². The highest BCUT2D eigenvalue weighted by molar-refractivity contribution is 7.22. The Morgan fingerprint density at radius 3 is 2.00 bits per heavy atom. The minimum absolute atomic E-state index is 0.0279. The third-order valence-corrected chi connectivity index (χ3v) is 4.27. The van der Waals surface area contributed by atoms with Gasteiger partial charge in [-0.05, 0) is 6.07 Å². The van der Waals surface area contributed by atoms with E-state index >= 15 is 0 Å². The van der Waals surface area contributed by atoms with Crippen molar-refractivity contribution in [3.8, 4) is 10.4 Å². The van der Waals surface area contributed by atoms with Crippen molar-refractivity contribution in [3.05, 3.63) is 46.6 Å². The van der Waals surface area contributed by atoms with Crippen LogP contribution < -0.4 is 0 Å². The lowest BCUT2D eigenvalue weighted by Gasteiger charge is -2.05. The number of benzene rings is 1. The molecule has 0 bridgehead atoms. The Hall–Kier alpha value is -1.80. The van der Waals surface area contributed by atoms with Crippen molar-refractivity contribution in [2.24, 2.45) is 0 Å². The fourth-order valence-corrected chi connectivity index (χ4v) is 3.05. The molecule has 0 saturated heterocycles. The molecule has 9 heteroatoms. The number of nitrogens with zero attached hydrogens (tertiary/aromatic N) is 2. The van der Waals surface area contributed by atoms with E-state index in [0.29, 0.717) is 0 Å². The molecule has 0 aliphatic carbocycles. The summed E-state index contributed by atoms with van der Waals surface area (Å²) < 4.78 is 67.2. The van der Waals surface area contributed by atoms with Crippen molar-refractivity contribution < 1.29 is 22.0 Å². The molecular formula is C12H2ClF5N2S. The maximum Gasteiger partial charge on any atom is 0.200 e. The number of hydrogen-bond acceptors (Lipinski definition) is 3. The van der Waals surface area contributed by atoms with E-state index in [1.54, 1.807) is 0 Å². The van der Waals surface area contributed by atoms with Crippen LogP contribution in [-0.4, -0.2) is 9.97 Å². The monoisotopic (exact) mass is 336 g/mol. The van der Waals surface area contributed by atoms with Crippen LogP contribution in [0.3, 0.4) is 0 Å². The molecule has 0 N–H and O–H groups in total. The van der Waals surface area contributed by atoms with E-state index in [1.807, 2.05) is 0 Å².